The molecule has 4 rings (SSSR count). The molecule has 142 valence electrons. The Hall–Kier alpha value is -3.43. The van der Waals surface area contributed by atoms with Crippen molar-refractivity contribution in [1.82, 2.24) is 29.7 Å². The topological polar surface area (TPSA) is 69.4 Å². The van der Waals surface area contributed by atoms with Crippen molar-refractivity contribution in [2.75, 3.05) is 0 Å². The normalized spacial score (nSPS) is 11.9. The number of hydrogen-bond acceptors (Lipinski definition) is 5. The van der Waals surface area contributed by atoms with Gasteiger partial charge in [-0.2, -0.15) is 18.3 Å². The van der Waals surface area contributed by atoms with E-state index < -0.39 is 17.8 Å². The summed E-state index contributed by atoms with van der Waals surface area (Å²) in [7, 11) is 0. The summed E-state index contributed by atoms with van der Waals surface area (Å²) < 4.78 is 54.1. The highest BCUT2D eigenvalue weighted by Gasteiger charge is 2.34. The van der Waals surface area contributed by atoms with Gasteiger partial charge in [0.15, 0.2) is 5.65 Å². The Morgan fingerprint density at radius 1 is 0.964 bits per heavy atom. The van der Waals surface area contributed by atoms with E-state index in [4.69, 9.17) is 0 Å². The third-order valence-corrected chi connectivity index (χ3v) is 4.24. The molecule has 0 saturated heterocycles. The van der Waals surface area contributed by atoms with E-state index >= 15 is 0 Å². The number of aryl methyl sites for hydroxylation is 1. The molecule has 0 atom stereocenters. The van der Waals surface area contributed by atoms with E-state index in [1.807, 2.05) is 11.5 Å². The molecule has 0 saturated carbocycles. The number of aromatic nitrogens is 6. The van der Waals surface area contributed by atoms with Crippen LogP contribution in [0.5, 0.6) is 0 Å². The summed E-state index contributed by atoms with van der Waals surface area (Å²) in [6.07, 6.45) is 0.381. The lowest BCUT2D eigenvalue weighted by molar-refractivity contribution is -0.144. The van der Waals surface area contributed by atoms with E-state index in [-0.39, 0.29) is 11.1 Å². The third-order valence-electron chi connectivity index (χ3n) is 4.24. The molecule has 4 aromatic rings. The summed E-state index contributed by atoms with van der Waals surface area (Å²) in [5.74, 6) is -1.89. The van der Waals surface area contributed by atoms with Gasteiger partial charge < -0.3 is 4.57 Å². The molecule has 0 fully saturated rings. The molecule has 10 heteroatoms. The van der Waals surface area contributed by atoms with Crippen molar-refractivity contribution >= 4 is 11.2 Å². The smallest absolute Gasteiger partial charge is 0.314 e. The van der Waals surface area contributed by atoms with E-state index in [1.165, 1.54) is 18.3 Å². The second-order valence-electron chi connectivity index (χ2n) is 5.95. The van der Waals surface area contributed by atoms with Crippen LogP contribution in [0.1, 0.15) is 12.7 Å². The fourth-order valence-electron chi connectivity index (χ4n) is 2.84. The molecule has 28 heavy (non-hydrogen) atoms. The molecule has 0 N–H and O–H groups in total. The molecular weight excluding hydrogens is 376 g/mol. The van der Waals surface area contributed by atoms with Gasteiger partial charge in [0, 0.05) is 35.6 Å². The Bertz CT molecular complexity index is 1150. The van der Waals surface area contributed by atoms with Gasteiger partial charge in [-0.3, -0.25) is 0 Å². The molecule has 1 aromatic carbocycles. The van der Waals surface area contributed by atoms with E-state index in [1.54, 1.807) is 12.4 Å². The Kier molecular flexibility index (Phi) is 4.25. The quantitative estimate of drug-likeness (QED) is 0.494. The highest BCUT2D eigenvalue weighted by Crippen LogP contribution is 2.32. The van der Waals surface area contributed by atoms with Crippen LogP contribution >= 0.6 is 0 Å². The first-order chi connectivity index (χ1) is 13.4. The molecule has 0 amide bonds. The van der Waals surface area contributed by atoms with Crippen molar-refractivity contribution in [2.45, 2.75) is 19.6 Å². The maximum absolute atomic E-state index is 14.4. The van der Waals surface area contributed by atoms with Gasteiger partial charge in [-0.05, 0) is 24.6 Å². The van der Waals surface area contributed by atoms with Gasteiger partial charge >= 0.3 is 6.18 Å². The Morgan fingerprint density at radius 2 is 1.71 bits per heavy atom. The number of nitrogens with zero attached hydrogens (tertiary/aromatic N) is 6. The van der Waals surface area contributed by atoms with Crippen LogP contribution in [0.25, 0.3) is 33.4 Å². The van der Waals surface area contributed by atoms with Crippen molar-refractivity contribution in [3.05, 3.63) is 54.8 Å². The average molecular weight is 388 g/mol. The van der Waals surface area contributed by atoms with E-state index in [2.05, 4.69) is 25.1 Å². The second kappa shape index (κ2) is 6.63. The lowest BCUT2D eigenvalue weighted by Crippen LogP contribution is -2.10. The van der Waals surface area contributed by atoms with Gasteiger partial charge in [0.25, 0.3) is 0 Å². The van der Waals surface area contributed by atoms with Crippen molar-refractivity contribution in [3.63, 3.8) is 0 Å². The van der Waals surface area contributed by atoms with Crippen molar-refractivity contribution in [2.24, 2.45) is 0 Å². The fourth-order valence-corrected chi connectivity index (χ4v) is 2.84. The maximum atomic E-state index is 14.4. The van der Waals surface area contributed by atoms with Crippen LogP contribution in [0.4, 0.5) is 17.6 Å². The molecule has 6 nitrogen and oxygen atoms in total. The lowest BCUT2D eigenvalue weighted by Gasteiger charge is -2.09. The molecule has 0 spiro atoms. The van der Waals surface area contributed by atoms with Crippen molar-refractivity contribution < 1.29 is 17.6 Å². The summed E-state index contributed by atoms with van der Waals surface area (Å²) in [5, 5.41) is 8.06. The molecule has 3 aromatic heterocycles. The molecule has 0 radical (unpaired) electrons. The van der Waals surface area contributed by atoms with Gasteiger partial charge in [-0.15, -0.1) is 5.10 Å². The predicted molar refractivity (Wildman–Crippen MR) is 92.4 cm³/mol. The fraction of sp³-hybridized carbons (Fsp3) is 0.167. The zero-order valence-electron chi connectivity index (χ0n) is 14.4. The van der Waals surface area contributed by atoms with Crippen molar-refractivity contribution in [1.29, 1.82) is 0 Å². The zero-order valence-corrected chi connectivity index (χ0v) is 14.4. The zero-order chi connectivity index (χ0) is 19.9. The van der Waals surface area contributed by atoms with Gasteiger partial charge in [-0.1, -0.05) is 6.07 Å². The van der Waals surface area contributed by atoms with Crippen LogP contribution in [0, 0.1) is 5.82 Å². The minimum atomic E-state index is -4.66. The number of fused-ring (bicyclic) bond motifs is 1. The maximum Gasteiger partial charge on any atom is 0.451 e. The first-order valence-electron chi connectivity index (χ1n) is 8.24. The van der Waals surface area contributed by atoms with Crippen LogP contribution in [-0.4, -0.2) is 29.7 Å². The highest BCUT2D eigenvalue weighted by molar-refractivity contribution is 5.90. The number of alkyl halides is 3. The summed E-state index contributed by atoms with van der Waals surface area (Å²) in [6, 6.07) is 4.28. The minimum absolute atomic E-state index is 0.0751. The third kappa shape index (κ3) is 3.06. The van der Waals surface area contributed by atoms with Gasteiger partial charge in [-0.25, -0.2) is 19.3 Å². The predicted octanol–water partition coefficient (Wildman–Crippen LogP) is 4.13. The van der Waals surface area contributed by atoms with Crippen LogP contribution in [0.3, 0.4) is 0 Å². The van der Waals surface area contributed by atoms with Crippen molar-refractivity contribution in [3.8, 4) is 22.3 Å². The second-order valence-corrected chi connectivity index (χ2v) is 5.95. The average Bonchev–Trinajstić information content (AvgIpc) is 3.11. The van der Waals surface area contributed by atoms with Crippen LogP contribution < -0.4 is 0 Å². The standard InChI is InChI=1S/C18H12F4N6/c1-2-28-9-25-15-13(8-26-27-16(15)28)10-3-4-14(19)12(5-10)11-6-23-17(24-7-11)18(20,21)22/h3-9H,2H2,1H3. The van der Waals surface area contributed by atoms with Crippen LogP contribution in [0.2, 0.25) is 0 Å². The molecular formula is C18H12F4N6. The SMILES string of the molecule is CCn1cnc2c(-c3ccc(F)c(-c4cnc(C(F)(F)F)nc4)c3)cnnc21. The van der Waals surface area contributed by atoms with E-state index in [9.17, 15) is 17.6 Å². The summed E-state index contributed by atoms with van der Waals surface area (Å²) >= 11 is 0. The lowest BCUT2D eigenvalue weighted by atomic mass is 10.0. The number of imidazole rings is 1. The summed E-state index contributed by atoms with van der Waals surface area (Å²) in [4.78, 5) is 10.9. The first-order valence-corrected chi connectivity index (χ1v) is 8.24. The van der Waals surface area contributed by atoms with Gasteiger partial charge in [0.1, 0.15) is 11.3 Å². The summed E-state index contributed by atoms with van der Waals surface area (Å²) in [5.41, 5.74) is 2.61. The highest BCUT2D eigenvalue weighted by atomic mass is 19.4. The molecule has 0 aliphatic carbocycles. The minimum Gasteiger partial charge on any atom is -0.314 e. The molecule has 0 aliphatic heterocycles. The van der Waals surface area contributed by atoms with Gasteiger partial charge in [0.05, 0.1) is 12.5 Å². The molecule has 0 aliphatic rings. The number of halogens is 4. The van der Waals surface area contributed by atoms with E-state index in [0.717, 1.165) is 12.4 Å². The number of hydrogen-bond donors (Lipinski definition) is 0. The molecule has 0 bridgehead atoms. The summed E-state index contributed by atoms with van der Waals surface area (Å²) in [6.45, 7) is 2.60. The Morgan fingerprint density at radius 3 is 2.39 bits per heavy atom. The van der Waals surface area contributed by atoms with E-state index in [0.29, 0.717) is 28.8 Å². The first kappa shape index (κ1) is 18.0. The van der Waals surface area contributed by atoms with Gasteiger partial charge in [0.2, 0.25) is 5.82 Å². The molecule has 3 heterocycles. The van der Waals surface area contributed by atoms with Crippen LogP contribution in [-0.2, 0) is 12.7 Å². The Balaban J connectivity index is 1.81. The number of rotatable bonds is 3. The molecule has 0 unspecified atom stereocenters. The van der Waals surface area contributed by atoms with Crippen LogP contribution in [0.15, 0.2) is 43.1 Å². The monoisotopic (exact) mass is 388 g/mol. The largest absolute Gasteiger partial charge is 0.451 e. The number of benzene rings is 1. The Labute approximate surface area is 155 Å².